The second-order valence-electron chi connectivity index (χ2n) is 26.4. The summed E-state index contributed by atoms with van der Waals surface area (Å²) in [6, 6.07) is 13.7. The van der Waals surface area contributed by atoms with Gasteiger partial charge in [0.25, 0.3) is 30.4 Å². The number of benzene rings is 4. The lowest BCUT2D eigenvalue weighted by molar-refractivity contribution is -0.438. The maximum Gasteiger partial charge on any atom is 0.490 e. The van der Waals surface area contributed by atoms with Crippen LogP contribution in [0.1, 0.15) is 129 Å². The van der Waals surface area contributed by atoms with Crippen molar-refractivity contribution in [3.63, 3.8) is 0 Å². The van der Waals surface area contributed by atoms with Crippen LogP contribution >= 0.6 is 23.5 Å². The number of carboxylic acid groups (broad SMARTS) is 1. The molecule has 11 N–H and O–H groups in total. The van der Waals surface area contributed by atoms with E-state index in [4.69, 9.17) is 27.6 Å². The van der Waals surface area contributed by atoms with Crippen molar-refractivity contribution >= 4 is 137 Å². The van der Waals surface area contributed by atoms with E-state index < -0.39 is 162 Å². The van der Waals surface area contributed by atoms with E-state index in [0.29, 0.717) is 89.3 Å². The lowest BCUT2D eigenvalue weighted by atomic mass is 9.79. The number of rotatable bonds is 38. The summed E-state index contributed by atoms with van der Waals surface area (Å²) in [6.07, 6.45) is 6.96. The molecule has 38 nitrogen and oxygen atoms in total. The molecular formula is C63H81N6O32P3S5. The predicted octanol–water partition coefficient (Wildman–Crippen LogP) is 6.37. The van der Waals surface area contributed by atoms with Gasteiger partial charge in [0.1, 0.15) is 35.4 Å². The first-order valence-corrected chi connectivity index (χ1v) is 44.5. The van der Waals surface area contributed by atoms with E-state index in [0.717, 1.165) is 10.6 Å². The Morgan fingerprint density at radius 1 is 0.761 bits per heavy atom. The van der Waals surface area contributed by atoms with Crippen molar-refractivity contribution in [3.8, 4) is 0 Å². The number of nitrogen functional groups attached to an aromatic ring is 1. The highest BCUT2D eigenvalue weighted by atomic mass is 32.2. The summed E-state index contributed by atoms with van der Waals surface area (Å²) < 4.78 is 230. The number of nitrogens with two attached hydrogens (primary N) is 1. The zero-order valence-corrected chi connectivity index (χ0v) is 65.4. The number of aliphatic hydroxyl groups is 1. The largest absolute Gasteiger partial charge is 0.748 e. The molecule has 600 valence electrons. The number of aromatic nitrogens is 2. The van der Waals surface area contributed by atoms with Crippen LogP contribution in [0.3, 0.4) is 0 Å². The van der Waals surface area contributed by atoms with Crippen molar-refractivity contribution < 1.29 is 144 Å². The molecule has 1 amide bonds. The van der Waals surface area contributed by atoms with E-state index in [2.05, 4.69) is 23.4 Å². The number of aliphatic hydroxyl groups excluding tert-OH is 1. The van der Waals surface area contributed by atoms with Gasteiger partial charge in [0.2, 0.25) is 11.6 Å². The van der Waals surface area contributed by atoms with Crippen molar-refractivity contribution in [2.45, 2.75) is 155 Å². The lowest BCUT2D eigenvalue weighted by Crippen LogP contribution is -2.33. The maximum absolute atomic E-state index is 13.5. The van der Waals surface area contributed by atoms with Crippen LogP contribution in [0.4, 0.5) is 17.2 Å². The molecule has 4 aromatic carbocycles. The number of hydrogen-bond donors (Lipinski definition) is 10. The van der Waals surface area contributed by atoms with Gasteiger partial charge < -0.3 is 50.1 Å². The maximum atomic E-state index is 13.5. The Kier molecular flexibility index (Phi) is 29.6. The Bertz CT molecular complexity index is 5280. The van der Waals surface area contributed by atoms with Gasteiger partial charge >= 0.3 is 45.7 Å². The number of Topliss-reactive ketones (excluding diaryl/α,β-unsaturated/α-hetero) is 1. The molecule has 5 aromatic rings. The summed E-state index contributed by atoms with van der Waals surface area (Å²) in [5.74, 6) is -3.92. The highest BCUT2D eigenvalue weighted by Gasteiger charge is 2.48. The smallest absolute Gasteiger partial charge is 0.490 e. The first-order chi connectivity index (χ1) is 50.4. The van der Waals surface area contributed by atoms with Crippen LogP contribution in [0.15, 0.2) is 122 Å². The molecule has 3 aliphatic heterocycles. The Morgan fingerprint density at radius 3 is 2.03 bits per heavy atom. The van der Waals surface area contributed by atoms with Crippen molar-refractivity contribution in [1.82, 2.24) is 14.9 Å². The van der Waals surface area contributed by atoms with Crippen molar-refractivity contribution in [1.29, 1.82) is 0 Å². The minimum absolute atomic E-state index is 0.0107. The molecule has 1 saturated heterocycles. The predicted molar refractivity (Wildman–Crippen MR) is 387 cm³/mol. The van der Waals surface area contributed by atoms with Gasteiger partial charge in [-0.3, -0.25) is 41.7 Å². The number of nitrogens with zero attached hydrogens (tertiary/aromatic N) is 4. The molecule has 0 bridgehead atoms. The van der Waals surface area contributed by atoms with Gasteiger partial charge in [-0.25, -0.2) is 26.9 Å². The van der Waals surface area contributed by atoms with Crippen LogP contribution in [-0.2, 0) is 112 Å². The standard InChI is InChI=1S/C63H81N6O29P3S4.O3S/c1-62(2)53(68(30-15-33-102(82,83)84)48-24-20-40-19-22-43(103(85,86)87)35-46(40)58(48)62)17-10-7-11-18-54-63(3,4)59-47-36-44(104(88,89)90)37-52(105(91,92)93)45(47)23-25-49(59)67(54)29-13-8-9-16-42(70)34-41(21-26-57(72)73)60(74)65-28-12-5-6-14-32-94-99(76,77)97-101(80,81)98-100(78,79)95-39-51-50(71)38-56(96-51)69-31-27-55(64)66-61(69)75;1-4(2)3/h7,10-11,17-20,22-25,27,31,35-37,41,50-51,56,71H,5-6,8-9,12-16,21,26,28-30,32-34,38-39H2,1-4H3,(H10-,64,65,66,72,73,74,75,76,77,78,79,80,81,82,83,84,85,86,87,88,89,90,91,92,93);/t41?,50-,51-,56-;/m1./s1. The second-order valence-corrected chi connectivity index (χ2v) is 37.2. The third-order valence-corrected chi connectivity index (χ3v) is 25.4. The number of phosphoric ester groups is 2. The number of fused-ring (bicyclic) bond motifs is 6. The van der Waals surface area contributed by atoms with E-state index in [9.17, 15) is 110 Å². The van der Waals surface area contributed by atoms with Crippen LogP contribution in [0.5, 0.6) is 0 Å². The Morgan fingerprint density at radius 2 is 1.39 bits per heavy atom. The second kappa shape index (κ2) is 36.2. The quantitative estimate of drug-likeness (QED) is 0.00674. The molecule has 109 heavy (non-hydrogen) atoms. The molecule has 1 aromatic heterocycles. The highest BCUT2D eigenvalue weighted by Crippen LogP contribution is 2.68. The van der Waals surface area contributed by atoms with Crippen molar-refractivity contribution in [2.24, 2.45) is 5.92 Å². The molecule has 0 aliphatic carbocycles. The number of aliphatic carboxylic acids is 1. The third-order valence-electron chi connectivity index (χ3n) is 17.8. The minimum atomic E-state index is -5.87. The SMILES string of the molecule is CC1(C)C(=CC=CC=CC2=[N+](CCCCCC(=O)CC(CCC(=O)O)C(=O)NCCCCCCOP(=O)(O)OP(=O)(O)OP(=O)(O)OC[C@H]3O[C@@H](n4ccc(N)nc4=O)C[C@H]3O)c3ccc4c(S(=O)(=O)O)cc(S(=O)(=O)O)cc4c3C2(C)C)N(CCCS(=O)(=O)[O-])c2ccc3ccc(S(=O)(=O)O)cc3c21.O=S(=O)=O. The summed E-state index contributed by atoms with van der Waals surface area (Å²) in [5, 5.41) is 23.7. The number of hydrogen-bond acceptors (Lipinski definition) is 28. The number of carbonyl (C=O) groups is 3. The summed E-state index contributed by atoms with van der Waals surface area (Å²) in [7, 11) is -39.4. The van der Waals surface area contributed by atoms with E-state index in [1.807, 2.05) is 23.3 Å². The molecular weight excluding hydrogens is 1610 g/mol. The van der Waals surface area contributed by atoms with E-state index in [-0.39, 0.29) is 85.4 Å². The van der Waals surface area contributed by atoms with Crippen LogP contribution in [0.25, 0.3) is 21.5 Å². The summed E-state index contributed by atoms with van der Waals surface area (Å²) in [5.41, 5.74) is 6.07. The Labute approximate surface area is 627 Å². The number of unbranched alkanes of at least 4 members (excludes halogenated alkanes) is 5. The fraction of sp³-hybridized carbons (Fsp3) is 0.460. The highest BCUT2D eigenvalue weighted by molar-refractivity contribution is 7.87. The van der Waals surface area contributed by atoms with E-state index in [1.165, 1.54) is 30.5 Å². The van der Waals surface area contributed by atoms with Gasteiger partial charge in [-0.1, -0.05) is 57.0 Å². The van der Waals surface area contributed by atoms with Crippen molar-refractivity contribution in [3.05, 3.63) is 125 Å². The number of allylic oxidation sites excluding steroid dienone is 6. The van der Waals surface area contributed by atoms with Gasteiger partial charge in [-0.2, -0.15) is 43.4 Å². The van der Waals surface area contributed by atoms with Crippen molar-refractivity contribution in [2.75, 3.05) is 49.2 Å². The normalized spacial score (nSPS) is 19.5. The van der Waals surface area contributed by atoms with E-state index >= 15 is 0 Å². The molecule has 8 rings (SSSR count). The summed E-state index contributed by atoms with van der Waals surface area (Å²) >= 11 is 0. The number of phosphoric acid groups is 3. The monoisotopic (exact) mass is 1690 g/mol. The average Bonchev–Trinajstić information content (AvgIpc) is 1.56. The summed E-state index contributed by atoms with van der Waals surface area (Å²) in [6.45, 7) is 6.23. The number of ketones is 1. The molecule has 4 heterocycles. The number of anilines is 2. The fourth-order valence-electron chi connectivity index (χ4n) is 13.0. The summed E-state index contributed by atoms with van der Waals surface area (Å²) in [4.78, 5) is 84.3. The molecule has 0 radical (unpaired) electrons. The zero-order chi connectivity index (χ0) is 81.2. The lowest BCUT2D eigenvalue weighted by Gasteiger charge is -2.27. The van der Waals surface area contributed by atoms with Gasteiger partial charge in [-0.05, 0) is 123 Å². The number of ether oxygens (including phenoxy) is 1. The zero-order valence-electron chi connectivity index (χ0n) is 58.6. The fourth-order valence-corrected chi connectivity index (χ4v) is 18.9. The van der Waals surface area contributed by atoms with Gasteiger partial charge in [0, 0.05) is 103 Å². The number of carboxylic acids is 1. The van der Waals surface area contributed by atoms with Gasteiger partial charge in [0.15, 0.2) is 5.71 Å². The molecule has 0 saturated carbocycles. The molecule has 1 fully saturated rings. The third kappa shape index (κ3) is 24.5. The van der Waals surface area contributed by atoms with Crippen LogP contribution < -0.4 is 21.6 Å². The Balaban J connectivity index is 0.00000403. The minimum Gasteiger partial charge on any atom is -0.748 e. The van der Waals surface area contributed by atoms with Gasteiger partial charge in [-0.15, -0.1) is 12.6 Å². The molecule has 46 heteroatoms. The molecule has 4 unspecified atom stereocenters. The first-order valence-electron chi connectivity index (χ1n) is 33.1. The number of nitrogens with one attached hydrogen (secondary N) is 1. The average molecular weight is 1690 g/mol. The first kappa shape index (κ1) is 89.2. The topological polar surface area (TPSA) is 600 Å². The van der Waals surface area contributed by atoms with E-state index in [1.54, 1.807) is 68.5 Å². The number of amides is 1. The van der Waals surface area contributed by atoms with Crippen LogP contribution in [0, 0.1) is 5.92 Å². The molecule has 0 spiro atoms. The van der Waals surface area contributed by atoms with Crippen LogP contribution in [-0.4, -0.2) is 178 Å². The number of carbonyl (C=O) groups excluding carboxylic acids is 2. The molecule has 3 aliphatic rings. The Hall–Kier alpha value is -7.03. The molecule has 7 atom stereocenters. The van der Waals surface area contributed by atoms with Crippen LogP contribution in [0.2, 0.25) is 0 Å². The van der Waals surface area contributed by atoms with Gasteiger partial charge in [0.05, 0.1) is 44.6 Å².